The lowest BCUT2D eigenvalue weighted by atomic mass is 10.0. The number of carbonyl (C=O) groups is 1. The third kappa shape index (κ3) is 3.46. The van der Waals surface area contributed by atoms with Gasteiger partial charge in [0.2, 0.25) is 0 Å². The highest BCUT2D eigenvalue weighted by atomic mass is 16.3. The molecule has 92 valence electrons. The number of aliphatic hydroxyl groups excluding tert-OH is 1. The smallest absolute Gasteiger partial charge is 0.315 e. The van der Waals surface area contributed by atoms with Crippen LogP contribution >= 0.6 is 0 Å². The van der Waals surface area contributed by atoms with E-state index in [1.54, 1.807) is 0 Å². The summed E-state index contributed by atoms with van der Waals surface area (Å²) in [5, 5.41) is 14.2. The molecule has 0 bridgehead atoms. The molecule has 0 radical (unpaired) electrons. The van der Waals surface area contributed by atoms with Crippen molar-refractivity contribution in [3.63, 3.8) is 0 Å². The van der Waals surface area contributed by atoms with Gasteiger partial charge >= 0.3 is 6.03 Å². The summed E-state index contributed by atoms with van der Waals surface area (Å²) in [4.78, 5) is 11.6. The molecule has 0 aromatic heterocycles. The maximum Gasteiger partial charge on any atom is 0.315 e. The Morgan fingerprint density at radius 2 is 2.06 bits per heavy atom. The van der Waals surface area contributed by atoms with E-state index >= 15 is 0 Å². The Kier molecular flexibility index (Phi) is 3.98. The molecule has 2 rings (SSSR count). The average Bonchev–Trinajstić information content (AvgIpc) is 3.19. The van der Waals surface area contributed by atoms with Crippen LogP contribution in [0.5, 0.6) is 0 Å². The Balaban J connectivity index is 1.96. The van der Waals surface area contributed by atoms with E-state index in [1.807, 2.05) is 30.3 Å². The fourth-order valence-corrected chi connectivity index (χ4v) is 1.92. The molecule has 0 spiro atoms. The highest BCUT2D eigenvalue weighted by Crippen LogP contribution is 2.40. The van der Waals surface area contributed by atoms with Crippen molar-refractivity contribution in [3.8, 4) is 0 Å². The molecule has 17 heavy (non-hydrogen) atoms. The Hall–Kier alpha value is -1.55. The van der Waals surface area contributed by atoms with E-state index in [-0.39, 0.29) is 25.2 Å². The summed E-state index contributed by atoms with van der Waals surface area (Å²) in [5.74, 6) is 0.553. The zero-order chi connectivity index (χ0) is 12.1. The van der Waals surface area contributed by atoms with E-state index in [2.05, 4.69) is 10.6 Å². The molecule has 3 N–H and O–H groups in total. The van der Waals surface area contributed by atoms with Crippen molar-refractivity contribution in [2.45, 2.75) is 18.9 Å². The largest absolute Gasteiger partial charge is 0.395 e. The molecule has 0 aliphatic heterocycles. The van der Waals surface area contributed by atoms with Gasteiger partial charge in [-0.1, -0.05) is 30.3 Å². The van der Waals surface area contributed by atoms with Crippen LogP contribution < -0.4 is 10.6 Å². The maximum atomic E-state index is 11.6. The first kappa shape index (κ1) is 11.9. The van der Waals surface area contributed by atoms with Crippen LogP contribution in [-0.2, 0) is 0 Å². The minimum Gasteiger partial charge on any atom is -0.395 e. The predicted molar refractivity (Wildman–Crippen MR) is 65.5 cm³/mol. The van der Waals surface area contributed by atoms with Crippen LogP contribution in [0.2, 0.25) is 0 Å². The fraction of sp³-hybridized carbons (Fsp3) is 0.462. The molecule has 1 aliphatic carbocycles. The Bertz CT molecular complexity index is 363. The van der Waals surface area contributed by atoms with Crippen molar-refractivity contribution in [1.82, 2.24) is 10.6 Å². The summed E-state index contributed by atoms with van der Waals surface area (Å²) >= 11 is 0. The Morgan fingerprint density at radius 1 is 1.35 bits per heavy atom. The zero-order valence-corrected chi connectivity index (χ0v) is 9.73. The lowest BCUT2D eigenvalue weighted by Gasteiger charge is -2.19. The summed E-state index contributed by atoms with van der Waals surface area (Å²) in [6.45, 7) is 0.255. The van der Waals surface area contributed by atoms with E-state index < -0.39 is 0 Å². The molecular weight excluding hydrogens is 216 g/mol. The number of aliphatic hydroxyl groups is 1. The molecule has 4 nitrogen and oxygen atoms in total. The van der Waals surface area contributed by atoms with Crippen molar-refractivity contribution in [2.75, 3.05) is 13.2 Å². The molecule has 2 amide bonds. The Labute approximate surface area is 101 Å². The molecule has 1 atom stereocenters. The van der Waals surface area contributed by atoms with Crippen LogP contribution in [0.15, 0.2) is 30.3 Å². The van der Waals surface area contributed by atoms with Gasteiger partial charge < -0.3 is 15.7 Å². The number of rotatable bonds is 5. The number of amides is 2. The second-order valence-corrected chi connectivity index (χ2v) is 4.35. The maximum absolute atomic E-state index is 11.6. The highest BCUT2D eigenvalue weighted by molar-refractivity contribution is 5.74. The first-order valence-electron chi connectivity index (χ1n) is 6.01. The molecule has 1 saturated carbocycles. The average molecular weight is 234 g/mol. The van der Waals surface area contributed by atoms with Gasteiger partial charge in [0.15, 0.2) is 0 Å². The van der Waals surface area contributed by atoms with Gasteiger partial charge in [-0.15, -0.1) is 0 Å². The fourth-order valence-electron chi connectivity index (χ4n) is 1.92. The van der Waals surface area contributed by atoms with E-state index in [0.29, 0.717) is 5.92 Å². The normalized spacial score (nSPS) is 16.3. The predicted octanol–water partition coefficient (Wildman–Crippen LogP) is 1.43. The summed E-state index contributed by atoms with van der Waals surface area (Å²) < 4.78 is 0. The van der Waals surface area contributed by atoms with Crippen LogP contribution in [0.25, 0.3) is 0 Å². The topological polar surface area (TPSA) is 61.4 Å². The van der Waals surface area contributed by atoms with Gasteiger partial charge in [0.1, 0.15) is 0 Å². The lowest BCUT2D eigenvalue weighted by Crippen LogP contribution is -2.39. The van der Waals surface area contributed by atoms with E-state index in [1.165, 1.54) is 12.8 Å². The van der Waals surface area contributed by atoms with Gasteiger partial charge in [-0.25, -0.2) is 4.79 Å². The van der Waals surface area contributed by atoms with Crippen molar-refractivity contribution in [1.29, 1.82) is 0 Å². The Morgan fingerprint density at radius 3 is 2.65 bits per heavy atom. The minimum atomic E-state index is -0.209. The van der Waals surface area contributed by atoms with Crippen LogP contribution in [0.1, 0.15) is 24.4 Å². The lowest BCUT2D eigenvalue weighted by molar-refractivity contribution is 0.229. The standard InChI is InChI=1S/C13H18N2O2/c16-9-8-14-13(17)15-12(11-6-7-11)10-4-2-1-3-5-10/h1-5,11-12,16H,6-9H2,(H2,14,15,17). The van der Waals surface area contributed by atoms with Gasteiger partial charge in [-0.05, 0) is 24.3 Å². The third-order valence-electron chi connectivity index (χ3n) is 2.94. The first-order valence-corrected chi connectivity index (χ1v) is 6.01. The molecule has 0 heterocycles. The number of benzene rings is 1. The van der Waals surface area contributed by atoms with Crippen molar-refractivity contribution in [2.24, 2.45) is 5.92 Å². The van der Waals surface area contributed by atoms with Crippen LogP contribution in [0.4, 0.5) is 4.79 Å². The molecule has 1 fully saturated rings. The summed E-state index contributed by atoms with van der Waals surface area (Å²) in [7, 11) is 0. The molecule has 1 aromatic carbocycles. The molecule has 1 aromatic rings. The summed E-state index contributed by atoms with van der Waals surface area (Å²) in [6, 6.07) is 9.90. The third-order valence-corrected chi connectivity index (χ3v) is 2.94. The number of urea groups is 1. The van der Waals surface area contributed by atoms with Crippen LogP contribution in [0, 0.1) is 5.92 Å². The zero-order valence-electron chi connectivity index (χ0n) is 9.73. The number of hydrogen-bond donors (Lipinski definition) is 3. The summed E-state index contributed by atoms with van der Waals surface area (Å²) in [6.07, 6.45) is 2.33. The van der Waals surface area contributed by atoms with Gasteiger partial charge in [0.25, 0.3) is 0 Å². The van der Waals surface area contributed by atoms with E-state index in [0.717, 1.165) is 5.56 Å². The van der Waals surface area contributed by atoms with Crippen molar-refractivity contribution < 1.29 is 9.90 Å². The van der Waals surface area contributed by atoms with Crippen molar-refractivity contribution >= 4 is 6.03 Å². The van der Waals surface area contributed by atoms with Crippen LogP contribution in [0.3, 0.4) is 0 Å². The molecule has 1 aliphatic rings. The summed E-state index contributed by atoms with van der Waals surface area (Å²) in [5.41, 5.74) is 1.15. The SMILES string of the molecule is O=C(NCCO)NC(c1ccccc1)C1CC1. The van der Waals surface area contributed by atoms with Gasteiger partial charge in [-0.3, -0.25) is 0 Å². The minimum absolute atomic E-state index is 0.0349. The van der Waals surface area contributed by atoms with Crippen LogP contribution in [-0.4, -0.2) is 24.3 Å². The quantitative estimate of drug-likeness (QED) is 0.721. The second kappa shape index (κ2) is 5.68. The first-order chi connectivity index (χ1) is 8.31. The van der Waals surface area contributed by atoms with Gasteiger partial charge in [0.05, 0.1) is 12.6 Å². The molecule has 0 saturated heterocycles. The van der Waals surface area contributed by atoms with Gasteiger partial charge in [0, 0.05) is 6.54 Å². The second-order valence-electron chi connectivity index (χ2n) is 4.35. The monoisotopic (exact) mass is 234 g/mol. The van der Waals surface area contributed by atoms with E-state index in [9.17, 15) is 4.79 Å². The van der Waals surface area contributed by atoms with Gasteiger partial charge in [-0.2, -0.15) is 0 Å². The number of hydrogen-bond acceptors (Lipinski definition) is 2. The van der Waals surface area contributed by atoms with E-state index in [4.69, 9.17) is 5.11 Å². The molecule has 4 heteroatoms. The molecular formula is C13H18N2O2. The highest BCUT2D eigenvalue weighted by Gasteiger charge is 2.33. The number of carbonyl (C=O) groups excluding carboxylic acids is 1. The number of nitrogens with one attached hydrogen (secondary N) is 2. The molecule has 1 unspecified atom stereocenters. The van der Waals surface area contributed by atoms with Crippen molar-refractivity contribution in [3.05, 3.63) is 35.9 Å².